The minimum atomic E-state index is -0.434. The van der Waals surface area contributed by atoms with Gasteiger partial charge in [0.05, 0.1) is 31.3 Å². The number of urea groups is 1. The Morgan fingerprint density at radius 1 is 0.972 bits per heavy atom. The fourth-order valence-electron chi connectivity index (χ4n) is 4.62. The minimum Gasteiger partial charge on any atom is -0.466 e. The molecule has 182 valence electrons. The first-order chi connectivity index (χ1) is 17.5. The van der Waals surface area contributed by atoms with E-state index in [4.69, 9.17) is 4.74 Å². The average Bonchev–Trinajstić information content (AvgIpc) is 3.30. The summed E-state index contributed by atoms with van der Waals surface area (Å²) in [5.74, 6) is -0.618. The summed E-state index contributed by atoms with van der Waals surface area (Å²) in [6, 6.07) is 24.6. The van der Waals surface area contributed by atoms with Crippen LogP contribution in [0.15, 0.2) is 91.1 Å². The van der Waals surface area contributed by atoms with Crippen LogP contribution in [0.25, 0.3) is 5.69 Å². The maximum absolute atomic E-state index is 13.8. The Kier molecular flexibility index (Phi) is 6.54. The van der Waals surface area contributed by atoms with E-state index in [9.17, 15) is 14.0 Å². The monoisotopic (exact) mass is 483 g/mol. The van der Waals surface area contributed by atoms with Gasteiger partial charge >= 0.3 is 12.0 Å². The highest BCUT2D eigenvalue weighted by Crippen LogP contribution is 2.37. The van der Waals surface area contributed by atoms with Gasteiger partial charge in [0.1, 0.15) is 5.82 Å². The Morgan fingerprint density at radius 3 is 2.47 bits per heavy atom. The third-order valence-corrected chi connectivity index (χ3v) is 6.27. The molecule has 2 amide bonds. The molecule has 6 nitrogen and oxygen atoms in total. The zero-order chi connectivity index (χ0) is 25.1. The number of nitrogens with zero attached hydrogens (tertiary/aromatic N) is 2. The molecule has 0 saturated carbocycles. The molecule has 0 fully saturated rings. The molecule has 1 atom stereocenters. The predicted octanol–water partition coefficient (Wildman–Crippen LogP) is 5.86. The number of nitrogens with one attached hydrogen (secondary N) is 1. The fraction of sp³-hybridized carbons (Fsp3) is 0.172. The zero-order valence-electron chi connectivity index (χ0n) is 19.9. The number of carbonyl (C=O) groups is 2. The number of ether oxygens (including phenoxy) is 1. The molecule has 0 spiro atoms. The van der Waals surface area contributed by atoms with Crippen LogP contribution >= 0.6 is 0 Å². The molecular formula is C29H26FN3O3. The Balaban J connectivity index is 1.47. The van der Waals surface area contributed by atoms with Gasteiger partial charge in [-0.05, 0) is 66.1 Å². The molecule has 2 heterocycles. The molecule has 1 N–H and O–H groups in total. The molecule has 5 rings (SSSR count). The number of fused-ring (bicyclic) bond motifs is 3. The summed E-state index contributed by atoms with van der Waals surface area (Å²) >= 11 is 0. The standard InChI is InChI=1S/C29H26FN3O3/c1-2-36-27(34)18-20-9-15-24(16-10-20)31-29(35)33-19-22-6-3-4-7-25(22)32-17-5-8-26(32)28(33)21-11-13-23(30)14-12-21/h3-17,28H,2,18-19H2,1H3,(H,31,35)/t28-/m0/s1. The van der Waals surface area contributed by atoms with Gasteiger partial charge in [0.25, 0.3) is 0 Å². The van der Waals surface area contributed by atoms with Gasteiger partial charge in [-0.2, -0.15) is 0 Å². The number of rotatable bonds is 5. The first-order valence-electron chi connectivity index (χ1n) is 11.9. The van der Waals surface area contributed by atoms with Crippen molar-refractivity contribution >= 4 is 17.7 Å². The van der Waals surface area contributed by atoms with Crippen molar-refractivity contribution in [2.45, 2.75) is 25.9 Å². The number of hydrogen-bond acceptors (Lipinski definition) is 3. The lowest BCUT2D eigenvalue weighted by Gasteiger charge is -2.31. The molecule has 0 saturated heterocycles. The average molecular weight is 484 g/mol. The molecule has 1 aromatic heterocycles. The number of halogens is 1. The second kappa shape index (κ2) is 10.1. The molecule has 1 aliphatic rings. The van der Waals surface area contributed by atoms with E-state index in [1.807, 2.05) is 42.6 Å². The topological polar surface area (TPSA) is 63.6 Å². The fourth-order valence-corrected chi connectivity index (χ4v) is 4.62. The van der Waals surface area contributed by atoms with Crippen LogP contribution in [0.5, 0.6) is 0 Å². The van der Waals surface area contributed by atoms with Gasteiger partial charge in [0.15, 0.2) is 0 Å². The maximum Gasteiger partial charge on any atom is 0.322 e. The van der Waals surface area contributed by atoms with Crippen molar-refractivity contribution in [3.8, 4) is 5.69 Å². The van der Waals surface area contributed by atoms with E-state index in [1.165, 1.54) is 12.1 Å². The quantitative estimate of drug-likeness (QED) is 0.362. The summed E-state index contributed by atoms with van der Waals surface area (Å²) in [7, 11) is 0. The van der Waals surface area contributed by atoms with Crippen molar-refractivity contribution in [3.05, 3.63) is 119 Å². The van der Waals surface area contributed by atoms with Crippen LogP contribution in [0.4, 0.5) is 14.9 Å². The van der Waals surface area contributed by atoms with Crippen LogP contribution in [0, 0.1) is 5.82 Å². The Morgan fingerprint density at radius 2 is 1.72 bits per heavy atom. The molecule has 0 radical (unpaired) electrons. The summed E-state index contributed by atoms with van der Waals surface area (Å²) < 4.78 is 20.8. The highest BCUT2D eigenvalue weighted by atomic mass is 19.1. The van der Waals surface area contributed by atoms with Crippen LogP contribution in [-0.4, -0.2) is 28.1 Å². The van der Waals surface area contributed by atoms with Crippen LogP contribution in [0.2, 0.25) is 0 Å². The van der Waals surface area contributed by atoms with E-state index in [1.54, 1.807) is 48.2 Å². The third kappa shape index (κ3) is 4.73. The van der Waals surface area contributed by atoms with Gasteiger partial charge in [-0.1, -0.05) is 42.5 Å². The largest absolute Gasteiger partial charge is 0.466 e. The van der Waals surface area contributed by atoms with Crippen LogP contribution in [0.1, 0.15) is 35.3 Å². The number of aromatic nitrogens is 1. The minimum absolute atomic E-state index is 0.175. The van der Waals surface area contributed by atoms with Crippen molar-refractivity contribution in [3.63, 3.8) is 0 Å². The number of para-hydroxylation sites is 1. The molecular weight excluding hydrogens is 457 g/mol. The van der Waals surface area contributed by atoms with E-state index in [-0.39, 0.29) is 24.2 Å². The maximum atomic E-state index is 13.8. The van der Waals surface area contributed by atoms with E-state index in [0.717, 1.165) is 28.1 Å². The van der Waals surface area contributed by atoms with Crippen LogP contribution < -0.4 is 5.32 Å². The number of esters is 1. The van der Waals surface area contributed by atoms with E-state index in [2.05, 4.69) is 9.88 Å². The second-order valence-electron chi connectivity index (χ2n) is 8.62. The highest BCUT2D eigenvalue weighted by Gasteiger charge is 2.33. The second-order valence-corrected chi connectivity index (χ2v) is 8.62. The van der Waals surface area contributed by atoms with Crippen molar-refractivity contribution < 1.29 is 18.7 Å². The SMILES string of the molecule is CCOC(=O)Cc1ccc(NC(=O)N2Cc3ccccc3-n3cccc3[C@@H]2c2ccc(F)cc2)cc1. The highest BCUT2D eigenvalue weighted by molar-refractivity contribution is 5.90. The number of hydrogen-bond donors (Lipinski definition) is 1. The summed E-state index contributed by atoms with van der Waals surface area (Å²) in [4.78, 5) is 27.2. The summed E-state index contributed by atoms with van der Waals surface area (Å²) in [5.41, 5.74) is 5.13. The number of anilines is 1. The molecule has 1 aliphatic heterocycles. The normalized spacial score (nSPS) is 14.4. The number of benzene rings is 3. The first-order valence-corrected chi connectivity index (χ1v) is 11.9. The Labute approximate surface area is 208 Å². The van der Waals surface area contributed by atoms with Gasteiger partial charge in [-0.25, -0.2) is 9.18 Å². The molecule has 4 aromatic rings. The van der Waals surface area contributed by atoms with E-state index in [0.29, 0.717) is 18.8 Å². The van der Waals surface area contributed by atoms with Gasteiger partial charge in [0.2, 0.25) is 0 Å². The van der Waals surface area contributed by atoms with E-state index >= 15 is 0 Å². The molecule has 0 unspecified atom stereocenters. The zero-order valence-corrected chi connectivity index (χ0v) is 19.9. The van der Waals surface area contributed by atoms with Crippen LogP contribution in [-0.2, 0) is 22.5 Å². The third-order valence-electron chi connectivity index (χ3n) is 6.27. The van der Waals surface area contributed by atoms with Crippen molar-refractivity contribution in [2.24, 2.45) is 0 Å². The van der Waals surface area contributed by atoms with Crippen molar-refractivity contribution in [1.82, 2.24) is 9.47 Å². The van der Waals surface area contributed by atoms with E-state index < -0.39 is 6.04 Å². The predicted molar refractivity (Wildman–Crippen MR) is 135 cm³/mol. The van der Waals surface area contributed by atoms with Crippen molar-refractivity contribution in [1.29, 1.82) is 0 Å². The molecule has 7 heteroatoms. The summed E-state index contributed by atoms with van der Waals surface area (Å²) in [6.07, 6.45) is 2.16. The van der Waals surface area contributed by atoms with Crippen molar-refractivity contribution in [2.75, 3.05) is 11.9 Å². The molecule has 0 aliphatic carbocycles. The smallest absolute Gasteiger partial charge is 0.322 e. The molecule has 3 aromatic carbocycles. The lowest BCUT2D eigenvalue weighted by atomic mass is 10.0. The summed E-state index contributed by atoms with van der Waals surface area (Å²) in [5, 5.41) is 3.00. The lowest BCUT2D eigenvalue weighted by Crippen LogP contribution is -2.37. The molecule has 36 heavy (non-hydrogen) atoms. The first kappa shape index (κ1) is 23.4. The summed E-state index contributed by atoms with van der Waals surface area (Å²) in [6.45, 7) is 2.48. The van der Waals surface area contributed by atoms with Gasteiger partial charge in [-0.3, -0.25) is 4.79 Å². The molecule has 0 bridgehead atoms. The van der Waals surface area contributed by atoms with Crippen LogP contribution in [0.3, 0.4) is 0 Å². The van der Waals surface area contributed by atoms with Gasteiger partial charge < -0.3 is 19.5 Å². The number of amides is 2. The van der Waals surface area contributed by atoms with Gasteiger partial charge in [0, 0.05) is 17.6 Å². The Hall–Kier alpha value is -4.39. The van der Waals surface area contributed by atoms with Gasteiger partial charge in [-0.15, -0.1) is 0 Å². The Bertz CT molecular complexity index is 1380. The number of carbonyl (C=O) groups excluding carboxylic acids is 2. The lowest BCUT2D eigenvalue weighted by molar-refractivity contribution is -0.142.